The van der Waals surface area contributed by atoms with Gasteiger partial charge in [0, 0.05) is 17.1 Å². The van der Waals surface area contributed by atoms with Gasteiger partial charge in [-0.05, 0) is 47.5 Å². The molecule has 0 saturated carbocycles. The zero-order valence-electron chi connectivity index (χ0n) is 11.4. The first kappa shape index (κ1) is 16.3. The van der Waals surface area contributed by atoms with Crippen molar-refractivity contribution in [2.45, 2.75) is 19.4 Å². The van der Waals surface area contributed by atoms with E-state index in [1.807, 2.05) is 12.1 Å². The first-order chi connectivity index (χ1) is 9.90. The second kappa shape index (κ2) is 6.79. The molecule has 21 heavy (non-hydrogen) atoms. The Morgan fingerprint density at radius 1 is 1.43 bits per heavy atom. The fraction of sp³-hybridized carbons (Fsp3) is 0.429. The summed E-state index contributed by atoms with van der Waals surface area (Å²) in [4.78, 5) is 24.8. The number of benzene rings is 1. The second-order valence-corrected chi connectivity index (χ2v) is 6.69. The van der Waals surface area contributed by atoms with Gasteiger partial charge in [-0.1, -0.05) is 15.9 Å². The third-order valence-corrected chi connectivity index (χ3v) is 4.75. The molecule has 1 N–H and O–H groups in total. The average molecular weight is 421 g/mol. The Labute approximate surface area is 139 Å². The number of likely N-dealkylation sites (tertiary alicyclic amines) is 1. The summed E-state index contributed by atoms with van der Waals surface area (Å²) in [5, 5.41) is 9.07. The highest BCUT2D eigenvalue weighted by atomic mass is 79.9. The number of carboxylic acid groups (broad SMARTS) is 1. The van der Waals surface area contributed by atoms with Crippen LogP contribution in [0.2, 0.25) is 0 Å². The number of halogens is 2. The Kier molecular flexibility index (Phi) is 5.27. The van der Waals surface area contributed by atoms with Crippen molar-refractivity contribution in [3.05, 3.63) is 27.1 Å². The van der Waals surface area contributed by atoms with Crippen LogP contribution in [0.4, 0.5) is 0 Å². The van der Waals surface area contributed by atoms with Crippen molar-refractivity contribution in [3.8, 4) is 5.75 Å². The molecule has 1 amide bonds. The molecular formula is C14H15Br2NO4. The molecular weight excluding hydrogens is 406 g/mol. The van der Waals surface area contributed by atoms with E-state index in [0.29, 0.717) is 18.7 Å². The molecule has 7 heteroatoms. The van der Waals surface area contributed by atoms with Gasteiger partial charge in [-0.25, -0.2) is 0 Å². The van der Waals surface area contributed by atoms with E-state index in [1.54, 1.807) is 17.9 Å². The normalized spacial score (nSPS) is 21.4. The molecule has 0 aliphatic carbocycles. The molecule has 1 heterocycles. The minimum atomic E-state index is -0.852. The van der Waals surface area contributed by atoms with Crippen LogP contribution in [0.15, 0.2) is 27.1 Å². The standard InChI is InChI=1S/C14H15Br2NO4/c1-8-10(14(19)20)4-5-17(8)13(18)7-21-12-3-2-9(15)6-11(12)16/h2-3,6,8,10H,4-5,7H2,1H3,(H,19,20). The second-order valence-electron chi connectivity index (χ2n) is 4.92. The lowest BCUT2D eigenvalue weighted by Gasteiger charge is -2.23. The molecule has 0 aromatic heterocycles. The fourth-order valence-corrected chi connectivity index (χ4v) is 3.60. The Morgan fingerprint density at radius 2 is 2.14 bits per heavy atom. The van der Waals surface area contributed by atoms with Crippen molar-refractivity contribution in [2.24, 2.45) is 5.92 Å². The minimum Gasteiger partial charge on any atom is -0.483 e. The van der Waals surface area contributed by atoms with Crippen LogP contribution in [0.5, 0.6) is 5.75 Å². The van der Waals surface area contributed by atoms with Gasteiger partial charge in [0.05, 0.1) is 10.4 Å². The summed E-state index contributed by atoms with van der Waals surface area (Å²) < 4.78 is 7.16. The molecule has 2 unspecified atom stereocenters. The van der Waals surface area contributed by atoms with Crippen LogP contribution in [0.1, 0.15) is 13.3 Å². The summed E-state index contributed by atoms with van der Waals surface area (Å²) in [6.45, 7) is 2.12. The van der Waals surface area contributed by atoms with E-state index < -0.39 is 11.9 Å². The molecule has 0 bridgehead atoms. The van der Waals surface area contributed by atoms with E-state index in [2.05, 4.69) is 31.9 Å². The molecule has 0 radical (unpaired) electrons. The van der Waals surface area contributed by atoms with Crippen molar-refractivity contribution in [3.63, 3.8) is 0 Å². The van der Waals surface area contributed by atoms with Crippen LogP contribution in [-0.2, 0) is 9.59 Å². The zero-order chi connectivity index (χ0) is 15.6. The van der Waals surface area contributed by atoms with E-state index in [-0.39, 0.29) is 18.6 Å². The quantitative estimate of drug-likeness (QED) is 0.813. The number of hydrogen-bond acceptors (Lipinski definition) is 3. The maximum absolute atomic E-state index is 12.2. The fourth-order valence-electron chi connectivity index (χ4n) is 2.44. The third-order valence-electron chi connectivity index (χ3n) is 3.64. The van der Waals surface area contributed by atoms with Crippen molar-refractivity contribution < 1.29 is 19.4 Å². The highest BCUT2D eigenvalue weighted by Gasteiger charge is 2.38. The number of carbonyl (C=O) groups is 2. The number of ether oxygens (including phenoxy) is 1. The van der Waals surface area contributed by atoms with E-state index in [1.165, 1.54) is 0 Å². The monoisotopic (exact) mass is 419 g/mol. The largest absolute Gasteiger partial charge is 0.483 e. The van der Waals surface area contributed by atoms with Crippen LogP contribution in [0, 0.1) is 5.92 Å². The van der Waals surface area contributed by atoms with Crippen LogP contribution < -0.4 is 4.74 Å². The predicted octanol–water partition coefficient (Wildman–Crippen LogP) is 2.91. The Morgan fingerprint density at radius 3 is 2.71 bits per heavy atom. The molecule has 2 atom stereocenters. The summed E-state index contributed by atoms with van der Waals surface area (Å²) in [6.07, 6.45) is 0.490. The van der Waals surface area contributed by atoms with Crippen molar-refractivity contribution in [2.75, 3.05) is 13.2 Å². The molecule has 1 saturated heterocycles. The number of amides is 1. The first-order valence-corrected chi connectivity index (χ1v) is 8.09. The van der Waals surface area contributed by atoms with Gasteiger partial charge >= 0.3 is 5.97 Å². The summed E-state index contributed by atoms with van der Waals surface area (Å²) in [5.41, 5.74) is 0. The number of hydrogen-bond donors (Lipinski definition) is 1. The van der Waals surface area contributed by atoms with Gasteiger partial charge in [0.25, 0.3) is 5.91 Å². The van der Waals surface area contributed by atoms with Gasteiger partial charge in [0.1, 0.15) is 5.75 Å². The summed E-state index contributed by atoms with van der Waals surface area (Å²) >= 11 is 6.71. The molecule has 1 aliphatic heterocycles. The summed E-state index contributed by atoms with van der Waals surface area (Å²) in [5.74, 6) is -0.961. The number of rotatable bonds is 4. The lowest BCUT2D eigenvalue weighted by molar-refractivity contribution is -0.143. The lowest BCUT2D eigenvalue weighted by Crippen LogP contribution is -2.40. The predicted molar refractivity (Wildman–Crippen MR) is 84.3 cm³/mol. The number of nitrogens with zero attached hydrogens (tertiary/aromatic N) is 1. The molecule has 2 rings (SSSR count). The van der Waals surface area contributed by atoms with E-state index in [0.717, 1.165) is 8.95 Å². The Hall–Kier alpha value is -1.08. The summed E-state index contributed by atoms with van der Waals surface area (Å²) in [7, 11) is 0. The highest BCUT2D eigenvalue weighted by molar-refractivity contribution is 9.11. The van der Waals surface area contributed by atoms with Crippen LogP contribution >= 0.6 is 31.9 Å². The van der Waals surface area contributed by atoms with Crippen LogP contribution in [0.25, 0.3) is 0 Å². The van der Waals surface area contributed by atoms with Gasteiger partial charge in [-0.3, -0.25) is 9.59 Å². The Bertz CT molecular complexity index is 564. The smallest absolute Gasteiger partial charge is 0.308 e. The molecule has 1 fully saturated rings. The van der Waals surface area contributed by atoms with Gasteiger partial charge in [-0.15, -0.1) is 0 Å². The Balaban J connectivity index is 1.95. The topological polar surface area (TPSA) is 66.8 Å². The van der Waals surface area contributed by atoms with Gasteiger partial charge in [-0.2, -0.15) is 0 Å². The summed E-state index contributed by atoms with van der Waals surface area (Å²) in [6, 6.07) is 5.11. The van der Waals surface area contributed by atoms with Crippen molar-refractivity contribution in [1.29, 1.82) is 0 Å². The van der Waals surface area contributed by atoms with Crippen molar-refractivity contribution >= 4 is 43.7 Å². The van der Waals surface area contributed by atoms with Gasteiger partial charge in [0.2, 0.25) is 0 Å². The van der Waals surface area contributed by atoms with Crippen LogP contribution in [0.3, 0.4) is 0 Å². The number of aliphatic carboxylic acids is 1. The molecule has 114 valence electrons. The molecule has 1 aromatic carbocycles. The average Bonchev–Trinajstić information content (AvgIpc) is 2.79. The van der Waals surface area contributed by atoms with Crippen LogP contribution in [-0.4, -0.2) is 41.1 Å². The molecule has 0 spiro atoms. The lowest BCUT2D eigenvalue weighted by atomic mass is 10.0. The van der Waals surface area contributed by atoms with Crippen molar-refractivity contribution in [1.82, 2.24) is 4.90 Å². The maximum Gasteiger partial charge on any atom is 0.308 e. The molecule has 5 nitrogen and oxygen atoms in total. The van der Waals surface area contributed by atoms with E-state index in [9.17, 15) is 9.59 Å². The maximum atomic E-state index is 12.2. The van der Waals surface area contributed by atoms with Gasteiger partial charge in [0.15, 0.2) is 6.61 Å². The number of carboxylic acids is 1. The zero-order valence-corrected chi connectivity index (χ0v) is 14.6. The molecule has 1 aromatic rings. The van der Waals surface area contributed by atoms with E-state index >= 15 is 0 Å². The SMILES string of the molecule is CC1C(C(=O)O)CCN1C(=O)COc1ccc(Br)cc1Br. The van der Waals surface area contributed by atoms with E-state index in [4.69, 9.17) is 9.84 Å². The minimum absolute atomic E-state index is 0.100. The first-order valence-electron chi connectivity index (χ1n) is 6.50. The highest BCUT2D eigenvalue weighted by Crippen LogP contribution is 2.29. The number of carbonyl (C=O) groups excluding carboxylic acids is 1. The molecule has 1 aliphatic rings. The van der Waals surface area contributed by atoms with Gasteiger partial charge < -0.3 is 14.7 Å². The third kappa shape index (κ3) is 3.77.